The zero-order valence-electron chi connectivity index (χ0n) is 10.2. The molecule has 7 heteroatoms. The van der Waals surface area contributed by atoms with Crippen LogP contribution in [-0.2, 0) is 16.6 Å². The highest BCUT2D eigenvalue weighted by molar-refractivity contribution is 7.89. The number of imidazole rings is 1. The lowest BCUT2D eigenvalue weighted by atomic mass is 10.1. The fourth-order valence-corrected chi connectivity index (χ4v) is 2.68. The normalized spacial score (nSPS) is 11.4. The number of hydrogen-bond acceptors (Lipinski definition) is 4. The van der Waals surface area contributed by atoms with Crippen LogP contribution < -0.4 is 0 Å². The first-order valence-corrected chi connectivity index (χ1v) is 6.92. The Bertz CT molecular complexity index is 702. The van der Waals surface area contributed by atoms with E-state index in [1.165, 1.54) is 23.9 Å². The molecule has 6 nitrogen and oxygen atoms in total. The van der Waals surface area contributed by atoms with Gasteiger partial charge in [-0.1, -0.05) is 12.1 Å². The molecule has 98 valence electrons. The largest absolute Gasteiger partial charge is 0.335 e. The second-order valence-corrected chi connectivity index (χ2v) is 6.00. The van der Waals surface area contributed by atoms with Gasteiger partial charge in [-0.3, -0.25) is 0 Å². The van der Waals surface area contributed by atoms with E-state index in [-0.39, 0.29) is 11.6 Å². The van der Waals surface area contributed by atoms with Gasteiger partial charge < -0.3 is 4.98 Å². The maximum absolute atomic E-state index is 12.1. The van der Waals surface area contributed by atoms with E-state index in [0.29, 0.717) is 5.56 Å². The monoisotopic (exact) mass is 276 g/mol. The van der Waals surface area contributed by atoms with E-state index in [0.717, 1.165) is 5.56 Å². The predicted molar refractivity (Wildman–Crippen MR) is 68.4 cm³/mol. The van der Waals surface area contributed by atoms with Crippen LogP contribution in [0, 0.1) is 11.3 Å². The number of benzene rings is 1. The van der Waals surface area contributed by atoms with Gasteiger partial charge in [-0.05, 0) is 17.7 Å². The molecule has 1 aromatic carbocycles. The highest BCUT2D eigenvalue weighted by atomic mass is 32.2. The number of sulfonamides is 1. The first-order chi connectivity index (χ1) is 9.04. The summed E-state index contributed by atoms with van der Waals surface area (Å²) in [4.78, 5) is 6.27. The number of nitriles is 1. The summed E-state index contributed by atoms with van der Waals surface area (Å²) in [7, 11) is -2.10. The summed E-state index contributed by atoms with van der Waals surface area (Å²) < 4.78 is 25.5. The minimum Gasteiger partial charge on any atom is -0.335 e. The molecule has 0 spiro atoms. The zero-order chi connectivity index (χ0) is 13.9. The molecule has 1 heterocycles. The van der Waals surface area contributed by atoms with Gasteiger partial charge in [-0.2, -0.15) is 9.57 Å². The van der Waals surface area contributed by atoms with Crippen molar-refractivity contribution < 1.29 is 8.42 Å². The van der Waals surface area contributed by atoms with Crippen molar-refractivity contribution in [3.05, 3.63) is 47.9 Å². The van der Waals surface area contributed by atoms with Crippen LogP contribution in [0.25, 0.3) is 0 Å². The molecule has 0 aliphatic carbocycles. The zero-order valence-corrected chi connectivity index (χ0v) is 11.1. The van der Waals surface area contributed by atoms with Crippen molar-refractivity contribution >= 4 is 10.0 Å². The van der Waals surface area contributed by atoms with Gasteiger partial charge in [0.25, 0.3) is 10.0 Å². The molecule has 0 fully saturated rings. The molecule has 1 aromatic heterocycles. The molecule has 19 heavy (non-hydrogen) atoms. The number of rotatable bonds is 4. The maximum Gasteiger partial charge on any atom is 0.260 e. The van der Waals surface area contributed by atoms with E-state index in [9.17, 15) is 8.42 Å². The second-order valence-electron chi connectivity index (χ2n) is 3.99. The Kier molecular flexibility index (Phi) is 3.64. The Balaban J connectivity index is 2.22. The van der Waals surface area contributed by atoms with Crippen molar-refractivity contribution in [3.63, 3.8) is 0 Å². The molecule has 0 aliphatic rings. The van der Waals surface area contributed by atoms with Gasteiger partial charge in [0.15, 0.2) is 5.03 Å². The first-order valence-electron chi connectivity index (χ1n) is 5.48. The van der Waals surface area contributed by atoms with Crippen molar-refractivity contribution in [3.8, 4) is 6.07 Å². The molecule has 0 amide bonds. The molecule has 1 N–H and O–H groups in total. The molecular weight excluding hydrogens is 264 g/mol. The summed E-state index contributed by atoms with van der Waals surface area (Å²) in [6.45, 7) is 0.191. The predicted octanol–water partition coefficient (Wildman–Crippen LogP) is 1.10. The molecule has 2 aromatic rings. The Morgan fingerprint density at radius 2 is 2.26 bits per heavy atom. The van der Waals surface area contributed by atoms with Crippen molar-refractivity contribution in [2.75, 3.05) is 7.05 Å². The average molecular weight is 276 g/mol. The fraction of sp³-hybridized carbons (Fsp3) is 0.167. The summed E-state index contributed by atoms with van der Waals surface area (Å²) in [5.74, 6) is 0. The van der Waals surface area contributed by atoms with Crippen LogP contribution in [0.4, 0.5) is 0 Å². The average Bonchev–Trinajstić information content (AvgIpc) is 2.93. The van der Waals surface area contributed by atoms with Crippen molar-refractivity contribution in [2.45, 2.75) is 11.6 Å². The molecule has 0 bridgehead atoms. The maximum atomic E-state index is 12.1. The van der Waals surface area contributed by atoms with Gasteiger partial charge in [0.05, 0.1) is 24.2 Å². The van der Waals surface area contributed by atoms with Gasteiger partial charge in [0.2, 0.25) is 0 Å². The van der Waals surface area contributed by atoms with Crippen LogP contribution in [0.3, 0.4) is 0 Å². The van der Waals surface area contributed by atoms with E-state index >= 15 is 0 Å². The standard InChI is InChI=1S/C12H12N4O2S/c1-16(19(17,18)12-7-14-9-15-12)8-11-4-2-3-10(5-11)6-13/h2-5,7,9H,8H2,1H3,(H,14,15). The van der Waals surface area contributed by atoms with E-state index in [4.69, 9.17) is 5.26 Å². The van der Waals surface area contributed by atoms with E-state index < -0.39 is 10.0 Å². The Hall–Kier alpha value is -2.17. The number of H-pyrrole nitrogens is 1. The molecule has 0 saturated heterocycles. The molecule has 0 atom stereocenters. The van der Waals surface area contributed by atoms with E-state index in [2.05, 4.69) is 9.97 Å². The van der Waals surface area contributed by atoms with Gasteiger partial charge in [-0.15, -0.1) is 0 Å². The Labute approximate surface area is 111 Å². The number of hydrogen-bond donors (Lipinski definition) is 1. The first kappa shape index (κ1) is 13.3. The Morgan fingerprint density at radius 3 is 2.89 bits per heavy atom. The SMILES string of the molecule is CN(Cc1cccc(C#N)c1)S(=O)(=O)c1cnc[nH]1. The van der Waals surface area contributed by atoms with Gasteiger partial charge >= 0.3 is 0 Å². The third kappa shape index (κ3) is 2.81. The van der Waals surface area contributed by atoms with Crippen LogP contribution in [0.5, 0.6) is 0 Å². The highest BCUT2D eigenvalue weighted by Gasteiger charge is 2.22. The van der Waals surface area contributed by atoms with Crippen LogP contribution in [0.15, 0.2) is 41.8 Å². The van der Waals surface area contributed by atoms with Crippen molar-refractivity contribution in [2.24, 2.45) is 0 Å². The third-order valence-electron chi connectivity index (χ3n) is 2.62. The van der Waals surface area contributed by atoms with Crippen LogP contribution in [0.1, 0.15) is 11.1 Å². The minimum atomic E-state index is -3.58. The van der Waals surface area contributed by atoms with Crippen molar-refractivity contribution in [1.29, 1.82) is 5.26 Å². The highest BCUT2D eigenvalue weighted by Crippen LogP contribution is 2.14. The summed E-state index contributed by atoms with van der Waals surface area (Å²) in [6, 6.07) is 8.87. The summed E-state index contributed by atoms with van der Waals surface area (Å²) in [5, 5.41) is 8.86. The number of nitrogens with one attached hydrogen (secondary N) is 1. The minimum absolute atomic E-state index is 0.0476. The lowest BCUT2D eigenvalue weighted by Gasteiger charge is -2.15. The molecule has 0 aliphatic heterocycles. The fourth-order valence-electron chi connectivity index (χ4n) is 1.63. The summed E-state index contributed by atoms with van der Waals surface area (Å²) in [6.07, 6.45) is 2.58. The van der Waals surface area contributed by atoms with Crippen LogP contribution >= 0.6 is 0 Å². The smallest absolute Gasteiger partial charge is 0.260 e. The van der Waals surface area contributed by atoms with E-state index in [1.807, 2.05) is 6.07 Å². The third-order valence-corrected chi connectivity index (χ3v) is 4.35. The topological polar surface area (TPSA) is 89.8 Å². The molecule has 0 unspecified atom stereocenters. The summed E-state index contributed by atoms with van der Waals surface area (Å²) in [5.41, 5.74) is 1.26. The van der Waals surface area contributed by atoms with Gasteiger partial charge in [-0.25, -0.2) is 13.4 Å². The second kappa shape index (κ2) is 5.22. The van der Waals surface area contributed by atoms with Gasteiger partial charge in [0.1, 0.15) is 0 Å². The molecule has 0 radical (unpaired) electrons. The van der Waals surface area contributed by atoms with Crippen LogP contribution in [0.2, 0.25) is 0 Å². The lowest BCUT2D eigenvalue weighted by Crippen LogP contribution is -2.26. The number of nitrogens with zero attached hydrogens (tertiary/aromatic N) is 3. The van der Waals surface area contributed by atoms with Gasteiger partial charge in [0, 0.05) is 13.6 Å². The van der Waals surface area contributed by atoms with Crippen LogP contribution in [-0.4, -0.2) is 29.7 Å². The number of aromatic nitrogens is 2. The lowest BCUT2D eigenvalue weighted by molar-refractivity contribution is 0.464. The Morgan fingerprint density at radius 1 is 1.47 bits per heavy atom. The number of aromatic amines is 1. The van der Waals surface area contributed by atoms with Crippen molar-refractivity contribution in [1.82, 2.24) is 14.3 Å². The summed E-state index contributed by atoms with van der Waals surface area (Å²) >= 11 is 0. The quantitative estimate of drug-likeness (QED) is 0.905. The molecule has 2 rings (SSSR count). The molecule has 0 saturated carbocycles. The molecular formula is C12H12N4O2S. The van der Waals surface area contributed by atoms with E-state index in [1.54, 1.807) is 24.3 Å².